The molecule has 2 aliphatic heterocycles. The van der Waals surface area contributed by atoms with Gasteiger partial charge in [-0.15, -0.1) is 0 Å². The Balaban J connectivity index is 0.00000136. The number of ketones is 1. The number of urea groups is 1. The topological polar surface area (TPSA) is 60.9 Å². The van der Waals surface area contributed by atoms with Crippen molar-refractivity contribution in [2.24, 2.45) is 5.92 Å². The number of likely N-dealkylation sites (tertiary alicyclic amines) is 2. The first kappa shape index (κ1) is 22.2. The number of benzene rings is 1. The third-order valence-corrected chi connectivity index (χ3v) is 5.14. The van der Waals surface area contributed by atoms with Crippen molar-refractivity contribution in [1.29, 1.82) is 0 Å². The van der Waals surface area contributed by atoms with Gasteiger partial charge in [0.05, 0.1) is 24.8 Å². The Kier molecular flexibility index (Phi) is 7.09. The molecule has 5 nitrogen and oxygen atoms in total. The highest BCUT2D eigenvalue weighted by molar-refractivity contribution is 5.81. The summed E-state index contributed by atoms with van der Waals surface area (Å²) < 4.78 is 38.2. The normalized spacial score (nSPS) is 22.8. The number of alkyl halides is 3. The molecule has 0 saturated carbocycles. The molecule has 0 radical (unpaired) electrons. The molecule has 2 amide bonds. The van der Waals surface area contributed by atoms with Crippen molar-refractivity contribution < 1.29 is 27.9 Å². The Morgan fingerprint density at radius 2 is 1.54 bits per heavy atom. The monoisotopic (exact) mass is 400 g/mol. The van der Waals surface area contributed by atoms with E-state index in [2.05, 4.69) is 0 Å². The zero-order valence-corrected chi connectivity index (χ0v) is 16.4. The van der Waals surface area contributed by atoms with Gasteiger partial charge in [-0.3, -0.25) is 4.79 Å². The first-order valence-electron chi connectivity index (χ1n) is 9.54. The van der Waals surface area contributed by atoms with Gasteiger partial charge in [-0.2, -0.15) is 13.2 Å². The molecule has 3 rings (SSSR count). The van der Waals surface area contributed by atoms with E-state index < -0.39 is 17.8 Å². The molecule has 1 aromatic rings. The fraction of sp³-hybridized carbons (Fsp3) is 0.600. The Bertz CT molecular complexity index is 685. The Hall–Kier alpha value is -2.09. The smallest absolute Gasteiger partial charge is 0.389 e. The van der Waals surface area contributed by atoms with Crippen LogP contribution in [0.2, 0.25) is 0 Å². The van der Waals surface area contributed by atoms with E-state index in [1.807, 2.05) is 13.8 Å². The van der Waals surface area contributed by atoms with Crippen LogP contribution in [0.15, 0.2) is 24.3 Å². The fourth-order valence-corrected chi connectivity index (χ4v) is 3.55. The molecule has 2 saturated heterocycles. The number of aliphatic hydroxyl groups excluding tert-OH is 1. The number of amides is 2. The van der Waals surface area contributed by atoms with Gasteiger partial charge >= 0.3 is 12.2 Å². The lowest BCUT2D eigenvalue weighted by Crippen LogP contribution is -2.59. The van der Waals surface area contributed by atoms with Gasteiger partial charge < -0.3 is 14.9 Å². The van der Waals surface area contributed by atoms with E-state index in [-0.39, 0.29) is 36.7 Å². The number of carbonyl (C=O) groups excluding carboxylic acids is 2. The summed E-state index contributed by atoms with van der Waals surface area (Å²) in [5.74, 6) is -0.579. The van der Waals surface area contributed by atoms with Crippen LogP contribution in [0, 0.1) is 5.92 Å². The first-order chi connectivity index (χ1) is 13.1. The van der Waals surface area contributed by atoms with Crippen molar-refractivity contribution in [2.75, 3.05) is 26.2 Å². The maximum absolute atomic E-state index is 12.7. The Morgan fingerprint density at radius 3 is 2.00 bits per heavy atom. The SMILES string of the molecule is CC.CC(=O)C1CC(c2ccc(C(F)(F)F)cc2)CN(C(=O)N2CC(O)C2)C1. The van der Waals surface area contributed by atoms with E-state index in [9.17, 15) is 27.9 Å². The summed E-state index contributed by atoms with van der Waals surface area (Å²) in [6.45, 7) is 6.66. The summed E-state index contributed by atoms with van der Waals surface area (Å²) in [6, 6.07) is 4.67. The van der Waals surface area contributed by atoms with Crippen LogP contribution >= 0.6 is 0 Å². The molecular weight excluding hydrogens is 373 g/mol. The average molecular weight is 400 g/mol. The van der Waals surface area contributed by atoms with Crippen LogP contribution in [0.5, 0.6) is 0 Å². The van der Waals surface area contributed by atoms with E-state index in [0.717, 1.165) is 12.1 Å². The van der Waals surface area contributed by atoms with Crippen LogP contribution < -0.4 is 0 Å². The molecule has 2 atom stereocenters. The van der Waals surface area contributed by atoms with E-state index >= 15 is 0 Å². The molecule has 0 aromatic heterocycles. The summed E-state index contributed by atoms with van der Waals surface area (Å²) in [6.07, 6.45) is -4.40. The maximum atomic E-state index is 12.7. The van der Waals surface area contributed by atoms with Gasteiger partial charge in [0, 0.05) is 24.9 Å². The van der Waals surface area contributed by atoms with Gasteiger partial charge in [0.1, 0.15) is 5.78 Å². The molecule has 2 fully saturated rings. The number of nitrogens with zero attached hydrogens (tertiary/aromatic N) is 2. The molecule has 1 aromatic carbocycles. The second-order valence-electron chi connectivity index (χ2n) is 7.11. The molecule has 2 unspecified atom stereocenters. The lowest BCUT2D eigenvalue weighted by atomic mass is 9.82. The van der Waals surface area contributed by atoms with Gasteiger partial charge in [-0.25, -0.2) is 4.79 Å². The quantitative estimate of drug-likeness (QED) is 0.826. The van der Waals surface area contributed by atoms with Crippen LogP contribution in [0.1, 0.15) is 44.2 Å². The van der Waals surface area contributed by atoms with Crippen molar-refractivity contribution in [3.63, 3.8) is 0 Å². The second-order valence-corrected chi connectivity index (χ2v) is 7.11. The third kappa shape index (κ3) is 5.04. The van der Waals surface area contributed by atoms with Gasteiger partial charge in [0.25, 0.3) is 0 Å². The highest BCUT2D eigenvalue weighted by Crippen LogP contribution is 2.34. The average Bonchev–Trinajstić information content (AvgIpc) is 2.65. The number of rotatable bonds is 2. The standard InChI is InChI=1S/C18H21F3N2O3.C2H6/c1-11(24)13-6-14(12-2-4-15(5-3-12)18(19,20)21)8-22(7-13)17(26)23-9-16(25)10-23;1-2/h2-5,13-14,16,25H,6-10H2,1H3;1-2H3. The molecule has 0 bridgehead atoms. The van der Waals surface area contributed by atoms with E-state index in [4.69, 9.17) is 0 Å². The van der Waals surface area contributed by atoms with Gasteiger partial charge in [0.15, 0.2) is 0 Å². The zero-order chi connectivity index (χ0) is 21.1. The minimum Gasteiger partial charge on any atom is -0.389 e. The molecule has 1 N–H and O–H groups in total. The summed E-state index contributed by atoms with van der Waals surface area (Å²) in [5.41, 5.74) is -0.0342. The molecule has 28 heavy (non-hydrogen) atoms. The van der Waals surface area contributed by atoms with Crippen LogP contribution in [0.25, 0.3) is 0 Å². The molecule has 156 valence electrons. The van der Waals surface area contributed by atoms with Crippen molar-refractivity contribution >= 4 is 11.8 Å². The Morgan fingerprint density at radius 1 is 1.00 bits per heavy atom. The minimum absolute atomic E-state index is 0.0388. The number of carbonyl (C=O) groups is 2. The number of β-amino-alcohol motifs (C(OH)–C–C–N with tert-alkyl or cyclic N) is 1. The minimum atomic E-state index is -4.40. The van der Waals surface area contributed by atoms with Gasteiger partial charge in [-0.1, -0.05) is 26.0 Å². The predicted molar refractivity (Wildman–Crippen MR) is 98.9 cm³/mol. The fourth-order valence-electron chi connectivity index (χ4n) is 3.55. The lowest BCUT2D eigenvalue weighted by molar-refractivity contribution is -0.137. The van der Waals surface area contributed by atoms with Gasteiger partial charge in [-0.05, 0) is 31.0 Å². The number of aliphatic hydroxyl groups is 1. The van der Waals surface area contributed by atoms with Crippen LogP contribution in [0.3, 0.4) is 0 Å². The number of halogens is 3. The summed E-state index contributed by atoms with van der Waals surface area (Å²) in [4.78, 5) is 27.5. The second kappa shape index (κ2) is 8.94. The Labute approximate surface area is 163 Å². The van der Waals surface area contributed by atoms with Crippen molar-refractivity contribution in [1.82, 2.24) is 9.80 Å². The number of Topliss-reactive ketones (excluding diaryl/α,β-unsaturated/α-hetero) is 1. The molecule has 2 heterocycles. The molecule has 0 spiro atoms. The lowest BCUT2D eigenvalue weighted by Gasteiger charge is -2.43. The van der Waals surface area contributed by atoms with Crippen LogP contribution in [-0.4, -0.2) is 59.0 Å². The number of piperidine rings is 1. The highest BCUT2D eigenvalue weighted by Gasteiger charge is 2.38. The van der Waals surface area contributed by atoms with Gasteiger partial charge in [0.2, 0.25) is 0 Å². The maximum Gasteiger partial charge on any atom is 0.416 e. The number of hydrogen-bond donors (Lipinski definition) is 1. The summed E-state index contributed by atoms with van der Waals surface area (Å²) in [7, 11) is 0. The van der Waals surface area contributed by atoms with Crippen molar-refractivity contribution in [2.45, 2.75) is 45.4 Å². The highest BCUT2D eigenvalue weighted by atomic mass is 19.4. The molecule has 8 heteroatoms. The van der Waals surface area contributed by atoms with E-state index in [1.54, 1.807) is 4.90 Å². The predicted octanol–water partition coefficient (Wildman–Crippen LogP) is 3.52. The third-order valence-electron chi connectivity index (χ3n) is 5.14. The van der Waals surface area contributed by atoms with Crippen LogP contribution in [0.4, 0.5) is 18.0 Å². The largest absolute Gasteiger partial charge is 0.416 e. The zero-order valence-electron chi connectivity index (χ0n) is 16.4. The van der Waals surface area contributed by atoms with Crippen molar-refractivity contribution in [3.8, 4) is 0 Å². The number of hydrogen-bond acceptors (Lipinski definition) is 3. The molecule has 2 aliphatic rings. The van der Waals surface area contributed by atoms with Crippen molar-refractivity contribution in [3.05, 3.63) is 35.4 Å². The first-order valence-corrected chi connectivity index (χ1v) is 9.54. The molecular formula is C20H27F3N2O3. The van der Waals surface area contributed by atoms with Crippen LogP contribution in [-0.2, 0) is 11.0 Å². The van der Waals surface area contributed by atoms with E-state index in [0.29, 0.717) is 25.1 Å². The molecule has 0 aliphatic carbocycles. The van der Waals surface area contributed by atoms with E-state index in [1.165, 1.54) is 24.0 Å². The summed E-state index contributed by atoms with van der Waals surface area (Å²) in [5, 5.41) is 9.37. The summed E-state index contributed by atoms with van der Waals surface area (Å²) >= 11 is 0.